The van der Waals surface area contributed by atoms with E-state index in [0.29, 0.717) is 5.41 Å². The van der Waals surface area contributed by atoms with Crippen molar-refractivity contribution >= 4 is 18.1 Å². The van der Waals surface area contributed by atoms with Crippen molar-refractivity contribution in [1.82, 2.24) is 10.2 Å². The number of rotatable bonds is 1. The molecule has 1 aromatic carbocycles. The predicted octanol–water partition coefficient (Wildman–Crippen LogP) is 5.87. The molecule has 0 unspecified atom stereocenters. The third-order valence-corrected chi connectivity index (χ3v) is 3.37. The minimum absolute atomic E-state index is 0.293. The summed E-state index contributed by atoms with van der Waals surface area (Å²) in [6, 6.07) is 10.6. The summed E-state index contributed by atoms with van der Waals surface area (Å²) < 4.78 is 0. The number of nitrogens with zero attached hydrogens (tertiary/aromatic N) is 2. The van der Waals surface area contributed by atoms with Gasteiger partial charge in [-0.05, 0) is 30.0 Å². The maximum absolute atomic E-state index is 3.95. The van der Waals surface area contributed by atoms with Crippen LogP contribution in [0.15, 0.2) is 35.3 Å². The van der Waals surface area contributed by atoms with Crippen LogP contribution in [0.2, 0.25) is 0 Å². The first-order chi connectivity index (χ1) is 11.9. The fourth-order valence-corrected chi connectivity index (χ4v) is 1.43. The molecule has 1 aliphatic rings. The van der Waals surface area contributed by atoms with Gasteiger partial charge < -0.3 is 5.32 Å². The largest absolute Gasteiger partial charge is 0.364 e. The molecule has 1 aliphatic heterocycles. The van der Waals surface area contributed by atoms with Crippen molar-refractivity contribution in [1.29, 1.82) is 0 Å². The van der Waals surface area contributed by atoms with Crippen LogP contribution in [0.5, 0.6) is 0 Å². The summed E-state index contributed by atoms with van der Waals surface area (Å²) in [6.07, 6.45) is 3.83. The normalized spacial score (nSPS) is 12.4. The molecule has 0 atom stereocenters. The summed E-state index contributed by atoms with van der Waals surface area (Å²) in [4.78, 5) is 6.03. The summed E-state index contributed by atoms with van der Waals surface area (Å²) in [7, 11) is 2.02. The van der Waals surface area contributed by atoms with Crippen LogP contribution in [-0.4, -0.2) is 43.6 Å². The monoisotopic (exact) mass is 369 g/mol. The molecule has 2 rings (SSSR count). The van der Waals surface area contributed by atoms with Gasteiger partial charge in [0.25, 0.3) is 0 Å². The number of hydrogen-bond acceptors (Lipinski definition) is 4. The van der Waals surface area contributed by atoms with Crippen LogP contribution in [0.1, 0.15) is 61.0 Å². The van der Waals surface area contributed by atoms with Crippen LogP contribution >= 0.6 is 11.8 Å². The molecule has 0 fully saturated rings. The molecule has 1 N–H and O–H groups in total. The molecule has 0 spiro atoms. The Kier molecular flexibility index (Phi) is 24.2. The highest BCUT2D eigenvalue weighted by Gasteiger charge is 2.11. The molecule has 25 heavy (non-hydrogen) atoms. The highest BCUT2D eigenvalue weighted by Crippen LogP contribution is 2.20. The Bertz CT molecular complexity index is 370. The topological polar surface area (TPSA) is 27.6 Å². The zero-order chi connectivity index (χ0) is 20.1. The number of nitrogens with one attached hydrogen (secondary N) is 1. The van der Waals surface area contributed by atoms with Crippen LogP contribution in [-0.2, 0) is 5.41 Å². The van der Waals surface area contributed by atoms with Gasteiger partial charge in [-0.3, -0.25) is 9.89 Å². The molecule has 0 saturated carbocycles. The molecule has 1 aromatic rings. The number of thioether (sulfide) groups is 1. The van der Waals surface area contributed by atoms with Gasteiger partial charge in [0, 0.05) is 0 Å². The van der Waals surface area contributed by atoms with E-state index in [4.69, 9.17) is 0 Å². The van der Waals surface area contributed by atoms with Crippen LogP contribution < -0.4 is 5.32 Å². The molecule has 0 aromatic heterocycles. The SMILES string of the molecule is CC.CC.CC(C)(C)c1ccccc1.CCSC.CN1CN=CNC1. The molecule has 0 aliphatic carbocycles. The van der Waals surface area contributed by atoms with Crippen molar-refractivity contribution in [2.45, 2.75) is 60.8 Å². The lowest BCUT2D eigenvalue weighted by Crippen LogP contribution is -2.34. The van der Waals surface area contributed by atoms with Crippen molar-refractivity contribution in [3.63, 3.8) is 0 Å². The van der Waals surface area contributed by atoms with E-state index in [1.165, 1.54) is 11.3 Å². The summed E-state index contributed by atoms with van der Waals surface area (Å²) >= 11 is 1.86. The zero-order valence-electron chi connectivity index (χ0n) is 18.4. The first-order valence-electron chi connectivity index (χ1n) is 9.36. The van der Waals surface area contributed by atoms with Gasteiger partial charge in [-0.15, -0.1) is 0 Å². The number of hydrogen-bond donors (Lipinski definition) is 1. The Labute approximate surface area is 162 Å². The second kappa shape index (κ2) is 21.0. The smallest absolute Gasteiger partial charge is 0.0938 e. The molecule has 0 radical (unpaired) electrons. The van der Waals surface area contributed by atoms with Gasteiger partial charge in [-0.25, -0.2) is 0 Å². The summed E-state index contributed by atoms with van der Waals surface area (Å²) in [6.45, 7) is 18.6. The van der Waals surface area contributed by atoms with Gasteiger partial charge in [-0.2, -0.15) is 11.8 Å². The van der Waals surface area contributed by atoms with Crippen molar-refractivity contribution in [2.75, 3.05) is 32.4 Å². The van der Waals surface area contributed by atoms with Gasteiger partial charge in [0.1, 0.15) is 0 Å². The lowest BCUT2D eigenvalue weighted by Gasteiger charge is -2.18. The molecule has 3 nitrogen and oxygen atoms in total. The van der Waals surface area contributed by atoms with E-state index in [1.54, 1.807) is 6.34 Å². The van der Waals surface area contributed by atoms with Gasteiger partial charge in [0.05, 0.1) is 19.7 Å². The van der Waals surface area contributed by atoms with Crippen molar-refractivity contribution in [3.8, 4) is 0 Å². The predicted molar refractivity (Wildman–Crippen MR) is 121 cm³/mol. The summed E-state index contributed by atoms with van der Waals surface area (Å²) in [5, 5.41) is 2.97. The first kappa shape index (κ1) is 28.8. The Hall–Kier alpha value is -1.00. The van der Waals surface area contributed by atoms with Gasteiger partial charge in [0.2, 0.25) is 0 Å². The maximum atomic E-state index is 3.95. The van der Waals surface area contributed by atoms with Gasteiger partial charge in [0.15, 0.2) is 0 Å². The lowest BCUT2D eigenvalue weighted by molar-refractivity contribution is 0.327. The van der Waals surface area contributed by atoms with Crippen molar-refractivity contribution in [3.05, 3.63) is 35.9 Å². The van der Waals surface area contributed by atoms with Crippen LogP contribution in [0, 0.1) is 0 Å². The second-order valence-electron chi connectivity index (χ2n) is 5.86. The maximum Gasteiger partial charge on any atom is 0.0938 e. The fraction of sp³-hybridized carbons (Fsp3) is 0.667. The average Bonchev–Trinajstić information content (AvgIpc) is 2.66. The third-order valence-electron chi connectivity index (χ3n) is 2.80. The summed E-state index contributed by atoms with van der Waals surface area (Å²) in [5.74, 6) is 1.24. The van der Waals surface area contributed by atoms with E-state index in [0.717, 1.165) is 13.3 Å². The van der Waals surface area contributed by atoms with E-state index in [1.807, 2.05) is 46.5 Å². The number of aliphatic imine (C=N–C) groups is 1. The number of benzene rings is 1. The molecule has 4 heteroatoms. The Morgan fingerprint density at radius 3 is 1.76 bits per heavy atom. The van der Waals surface area contributed by atoms with E-state index in [2.05, 4.69) is 79.5 Å². The Balaban J connectivity index is -0.000000283. The van der Waals surface area contributed by atoms with Gasteiger partial charge >= 0.3 is 0 Å². The molecule has 0 bridgehead atoms. The molecular formula is C21H43N3S. The fourth-order valence-electron chi connectivity index (χ4n) is 1.43. The highest BCUT2D eigenvalue weighted by molar-refractivity contribution is 7.98. The third kappa shape index (κ3) is 21.0. The Morgan fingerprint density at radius 2 is 1.56 bits per heavy atom. The van der Waals surface area contributed by atoms with Crippen molar-refractivity contribution < 1.29 is 0 Å². The molecule has 1 heterocycles. The van der Waals surface area contributed by atoms with E-state index in [9.17, 15) is 0 Å². The first-order valence-corrected chi connectivity index (χ1v) is 10.8. The van der Waals surface area contributed by atoms with Crippen LogP contribution in [0.3, 0.4) is 0 Å². The van der Waals surface area contributed by atoms with E-state index in [-0.39, 0.29) is 0 Å². The van der Waals surface area contributed by atoms with E-state index >= 15 is 0 Å². The van der Waals surface area contributed by atoms with Crippen molar-refractivity contribution in [2.24, 2.45) is 4.99 Å². The minimum Gasteiger partial charge on any atom is -0.364 e. The minimum atomic E-state index is 0.293. The molecule has 0 amide bonds. The molecular weight excluding hydrogens is 326 g/mol. The lowest BCUT2D eigenvalue weighted by atomic mass is 9.87. The average molecular weight is 370 g/mol. The van der Waals surface area contributed by atoms with Crippen LogP contribution in [0.25, 0.3) is 0 Å². The molecule has 0 saturated heterocycles. The molecule has 148 valence electrons. The van der Waals surface area contributed by atoms with Gasteiger partial charge in [-0.1, -0.05) is 85.7 Å². The quantitative estimate of drug-likeness (QED) is 0.671. The standard InChI is InChI=1S/C10H14.C4H9N3.C3H8S.2C2H6/c1-10(2,3)9-7-5-4-6-8-9;1-7-3-5-2-6-4-7;1-3-4-2;2*1-2/h4-8H,1-3H3;2H,3-4H2,1H3,(H,5,6);3H2,1-2H3;2*1-2H3. The Morgan fingerprint density at radius 1 is 1.08 bits per heavy atom. The second-order valence-corrected chi connectivity index (χ2v) is 7.02. The van der Waals surface area contributed by atoms with E-state index < -0.39 is 0 Å². The van der Waals surface area contributed by atoms with Crippen LogP contribution in [0.4, 0.5) is 0 Å². The summed E-state index contributed by atoms with van der Waals surface area (Å²) in [5.41, 5.74) is 1.69. The zero-order valence-corrected chi connectivity index (χ0v) is 19.2. The highest BCUT2D eigenvalue weighted by atomic mass is 32.2.